The summed E-state index contributed by atoms with van der Waals surface area (Å²) in [5, 5.41) is 2.07. The number of aromatic nitrogens is 1. The summed E-state index contributed by atoms with van der Waals surface area (Å²) in [6.45, 7) is 2.63. The zero-order chi connectivity index (χ0) is 22.9. The summed E-state index contributed by atoms with van der Waals surface area (Å²) in [4.78, 5) is 20.9. The largest absolute Gasteiger partial charge is 0.429 e. The molecule has 0 radical (unpaired) electrons. The number of nitrogens with one attached hydrogen (secondary N) is 2. The van der Waals surface area contributed by atoms with Crippen LogP contribution in [0.15, 0.2) is 39.7 Å². The Kier molecular flexibility index (Phi) is 5.83. The van der Waals surface area contributed by atoms with E-state index in [2.05, 4.69) is 20.2 Å². The molecule has 0 spiro atoms. The summed E-state index contributed by atoms with van der Waals surface area (Å²) >= 11 is 0. The number of ether oxygens (including phenoxy) is 1. The number of rotatable bonds is 5. The highest BCUT2D eigenvalue weighted by molar-refractivity contribution is 6.07. The number of nitrogens with two attached hydrogens (primary N) is 1. The first-order valence-electron chi connectivity index (χ1n) is 10.00. The monoisotopic (exact) mass is 449 g/mol. The SMILES string of the molecule is CN=C(N)NC(=O)c1cc2c(C(F)(F)F)ccc(Oc3ccc(CN4CCCC4)o3)c2[nH]1. The van der Waals surface area contributed by atoms with Crippen molar-refractivity contribution in [2.45, 2.75) is 25.6 Å². The molecule has 0 atom stereocenters. The summed E-state index contributed by atoms with van der Waals surface area (Å²) in [7, 11) is 1.37. The summed E-state index contributed by atoms with van der Waals surface area (Å²) in [5.74, 6) is 0.0389. The highest BCUT2D eigenvalue weighted by Crippen LogP contribution is 2.40. The molecule has 1 aromatic carbocycles. The quantitative estimate of drug-likeness (QED) is 0.405. The van der Waals surface area contributed by atoms with Gasteiger partial charge in [0, 0.05) is 18.5 Å². The lowest BCUT2D eigenvalue weighted by atomic mass is 10.1. The number of hydrogen-bond donors (Lipinski definition) is 3. The Morgan fingerprint density at radius 3 is 2.72 bits per heavy atom. The zero-order valence-corrected chi connectivity index (χ0v) is 17.3. The minimum Gasteiger partial charge on any atom is -0.429 e. The van der Waals surface area contributed by atoms with Crippen molar-refractivity contribution in [3.63, 3.8) is 0 Å². The third-order valence-electron chi connectivity index (χ3n) is 5.21. The number of furan rings is 1. The number of aliphatic imine (C=N–C) groups is 1. The Balaban J connectivity index is 1.65. The maximum Gasteiger partial charge on any atom is 0.417 e. The zero-order valence-electron chi connectivity index (χ0n) is 17.3. The maximum absolute atomic E-state index is 13.5. The molecule has 4 rings (SSSR count). The van der Waals surface area contributed by atoms with Crippen LogP contribution in [0, 0.1) is 0 Å². The topological polar surface area (TPSA) is 109 Å². The number of halogens is 3. The molecule has 1 aliphatic rings. The molecule has 170 valence electrons. The fourth-order valence-corrected chi connectivity index (χ4v) is 3.66. The number of carbonyl (C=O) groups excluding carboxylic acids is 1. The van der Waals surface area contributed by atoms with Crippen LogP contribution < -0.4 is 15.8 Å². The lowest BCUT2D eigenvalue weighted by molar-refractivity contribution is -0.136. The van der Waals surface area contributed by atoms with Crippen LogP contribution >= 0.6 is 0 Å². The van der Waals surface area contributed by atoms with Crippen molar-refractivity contribution in [3.05, 3.63) is 47.3 Å². The Bertz CT molecular complexity index is 1160. The Morgan fingerprint density at radius 2 is 2.03 bits per heavy atom. The predicted octanol–water partition coefficient (Wildman–Crippen LogP) is 3.84. The van der Waals surface area contributed by atoms with Gasteiger partial charge in [0.25, 0.3) is 11.9 Å². The molecule has 0 aliphatic carbocycles. The summed E-state index contributed by atoms with van der Waals surface area (Å²) < 4.78 is 52.0. The average molecular weight is 449 g/mol. The van der Waals surface area contributed by atoms with Crippen LogP contribution in [0.4, 0.5) is 13.2 Å². The fourth-order valence-electron chi connectivity index (χ4n) is 3.66. The highest BCUT2D eigenvalue weighted by Gasteiger charge is 2.34. The van der Waals surface area contributed by atoms with Gasteiger partial charge in [-0.05, 0) is 50.2 Å². The molecule has 1 fully saturated rings. The van der Waals surface area contributed by atoms with Gasteiger partial charge in [0.2, 0.25) is 0 Å². The van der Waals surface area contributed by atoms with E-state index < -0.39 is 17.6 Å². The number of guanidine groups is 1. The Hall–Kier alpha value is -3.47. The minimum absolute atomic E-state index is 0.00877. The molecule has 0 saturated carbocycles. The molecule has 8 nitrogen and oxygen atoms in total. The van der Waals surface area contributed by atoms with E-state index in [-0.39, 0.29) is 34.3 Å². The molecular formula is C21H22F3N5O3. The van der Waals surface area contributed by atoms with Crippen molar-refractivity contribution in [3.8, 4) is 11.7 Å². The third-order valence-corrected chi connectivity index (χ3v) is 5.21. The fraction of sp³-hybridized carbons (Fsp3) is 0.333. The van der Waals surface area contributed by atoms with Crippen molar-refractivity contribution in [2.75, 3.05) is 20.1 Å². The van der Waals surface area contributed by atoms with Crippen LogP contribution in [0.2, 0.25) is 0 Å². The van der Waals surface area contributed by atoms with Gasteiger partial charge in [-0.15, -0.1) is 0 Å². The van der Waals surface area contributed by atoms with E-state index in [9.17, 15) is 18.0 Å². The average Bonchev–Trinajstić information content (AvgIpc) is 3.48. The van der Waals surface area contributed by atoms with E-state index >= 15 is 0 Å². The van der Waals surface area contributed by atoms with Crippen LogP contribution in [0.3, 0.4) is 0 Å². The second-order valence-corrected chi connectivity index (χ2v) is 7.45. The lowest BCUT2D eigenvalue weighted by Crippen LogP contribution is -2.36. The van der Waals surface area contributed by atoms with Crippen molar-refractivity contribution >= 4 is 22.8 Å². The number of nitrogens with zero attached hydrogens (tertiary/aromatic N) is 2. The smallest absolute Gasteiger partial charge is 0.417 e. The molecule has 11 heteroatoms. The first-order valence-corrected chi connectivity index (χ1v) is 10.00. The van der Waals surface area contributed by atoms with Gasteiger partial charge in [-0.25, -0.2) is 0 Å². The van der Waals surface area contributed by atoms with Gasteiger partial charge < -0.3 is 19.9 Å². The normalized spacial score (nSPS) is 15.4. The Labute approximate surface area is 181 Å². The van der Waals surface area contributed by atoms with E-state index in [4.69, 9.17) is 14.9 Å². The van der Waals surface area contributed by atoms with Gasteiger partial charge in [0.1, 0.15) is 11.5 Å². The predicted molar refractivity (Wildman–Crippen MR) is 112 cm³/mol. The third kappa shape index (κ3) is 4.57. The van der Waals surface area contributed by atoms with Crippen molar-refractivity contribution in [2.24, 2.45) is 10.7 Å². The molecule has 4 N–H and O–H groups in total. The molecule has 1 amide bonds. The van der Waals surface area contributed by atoms with E-state index in [1.165, 1.54) is 13.1 Å². The van der Waals surface area contributed by atoms with E-state index in [0.29, 0.717) is 12.3 Å². The number of carbonyl (C=O) groups is 1. The Morgan fingerprint density at radius 1 is 1.28 bits per heavy atom. The van der Waals surface area contributed by atoms with Crippen LogP contribution in [-0.4, -0.2) is 41.9 Å². The molecule has 3 aromatic rings. The van der Waals surface area contributed by atoms with E-state index in [1.807, 2.05) is 0 Å². The number of benzene rings is 1. The minimum atomic E-state index is -4.62. The van der Waals surface area contributed by atoms with E-state index in [1.54, 1.807) is 12.1 Å². The number of H-pyrrole nitrogens is 1. The first kappa shape index (κ1) is 21.8. The standard InChI is InChI=1S/C21H22F3N5O3/c1-26-20(25)28-19(30)15-10-13-14(21(22,23)24)5-6-16(18(13)27-15)32-17-7-4-12(31-17)11-29-8-2-3-9-29/h4-7,10,27H,2-3,8-9,11H2,1H3,(H3,25,26,28,30). The van der Waals surface area contributed by atoms with Gasteiger partial charge in [-0.3, -0.25) is 20.0 Å². The second-order valence-electron chi connectivity index (χ2n) is 7.45. The second kappa shape index (κ2) is 8.58. The van der Waals surface area contributed by atoms with E-state index in [0.717, 1.165) is 38.1 Å². The summed E-state index contributed by atoms with van der Waals surface area (Å²) in [6, 6.07) is 6.58. The number of aromatic amines is 1. The summed E-state index contributed by atoms with van der Waals surface area (Å²) in [5.41, 5.74) is 4.47. The number of hydrogen-bond acceptors (Lipinski definition) is 5. The van der Waals surface area contributed by atoms with Crippen LogP contribution in [-0.2, 0) is 12.7 Å². The maximum atomic E-state index is 13.5. The van der Waals surface area contributed by atoms with Crippen molar-refractivity contribution < 1.29 is 27.1 Å². The summed E-state index contributed by atoms with van der Waals surface area (Å²) in [6.07, 6.45) is -2.33. The van der Waals surface area contributed by atoms with Gasteiger partial charge in [-0.1, -0.05) is 0 Å². The molecule has 2 aromatic heterocycles. The number of alkyl halides is 3. The molecule has 0 bridgehead atoms. The molecule has 0 unspecified atom stereocenters. The van der Waals surface area contributed by atoms with Crippen molar-refractivity contribution in [1.29, 1.82) is 0 Å². The van der Waals surface area contributed by atoms with Gasteiger partial charge in [0.05, 0.1) is 17.6 Å². The number of amides is 1. The van der Waals surface area contributed by atoms with Gasteiger partial charge >= 0.3 is 6.18 Å². The molecule has 1 saturated heterocycles. The molecule has 1 aliphatic heterocycles. The molecule has 3 heterocycles. The first-order chi connectivity index (χ1) is 15.2. The van der Waals surface area contributed by atoms with Crippen molar-refractivity contribution in [1.82, 2.24) is 15.2 Å². The van der Waals surface area contributed by atoms with Gasteiger partial charge in [-0.2, -0.15) is 13.2 Å². The number of fused-ring (bicyclic) bond motifs is 1. The van der Waals surface area contributed by atoms with Crippen LogP contribution in [0.5, 0.6) is 11.7 Å². The molecular weight excluding hydrogens is 427 g/mol. The number of likely N-dealkylation sites (tertiary alicyclic amines) is 1. The molecule has 32 heavy (non-hydrogen) atoms. The highest BCUT2D eigenvalue weighted by atomic mass is 19.4. The van der Waals surface area contributed by atoms with Crippen LogP contribution in [0.25, 0.3) is 10.9 Å². The van der Waals surface area contributed by atoms with Gasteiger partial charge in [0.15, 0.2) is 11.7 Å². The lowest BCUT2D eigenvalue weighted by Gasteiger charge is -2.12. The van der Waals surface area contributed by atoms with Crippen LogP contribution in [0.1, 0.15) is 34.7 Å².